The second-order valence-corrected chi connectivity index (χ2v) is 6.53. The van der Waals surface area contributed by atoms with Crippen molar-refractivity contribution in [3.05, 3.63) is 63.1 Å². The lowest BCUT2D eigenvalue weighted by molar-refractivity contribution is 0.652. The van der Waals surface area contributed by atoms with Crippen LogP contribution in [0.25, 0.3) is 0 Å². The van der Waals surface area contributed by atoms with E-state index in [4.69, 9.17) is 11.6 Å². The summed E-state index contributed by atoms with van der Waals surface area (Å²) < 4.78 is 1.10. The van der Waals surface area contributed by atoms with Crippen LogP contribution in [0.4, 0.5) is 5.69 Å². The summed E-state index contributed by atoms with van der Waals surface area (Å²) in [5.41, 5.74) is 3.50. The molecule has 0 aliphatic heterocycles. The summed E-state index contributed by atoms with van der Waals surface area (Å²) in [6.45, 7) is 2.95. The smallest absolute Gasteiger partial charge is 0.0474 e. The van der Waals surface area contributed by atoms with Gasteiger partial charge in [-0.05, 0) is 49.4 Å². The molecular weight excluding hydrogens is 348 g/mol. The van der Waals surface area contributed by atoms with Gasteiger partial charge >= 0.3 is 0 Å². The second-order valence-electron chi connectivity index (χ2n) is 5.20. The van der Waals surface area contributed by atoms with Crippen LogP contribution in [-0.2, 0) is 6.54 Å². The van der Waals surface area contributed by atoms with Crippen LogP contribution < -0.4 is 10.2 Å². The molecule has 0 aliphatic rings. The highest BCUT2D eigenvalue weighted by Crippen LogP contribution is 2.28. The van der Waals surface area contributed by atoms with Gasteiger partial charge in [0.05, 0.1) is 0 Å². The first-order chi connectivity index (χ1) is 10.0. The molecule has 112 valence electrons. The van der Waals surface area contributed by atoms with Crippen molar-refractivity contribution in [2.45, 2.75) is 19.5 Å². The maximum absolute atomic E-state index is 6.40. The summed E-state index contributed by atoms with van der Waals surface area (Å²) in [4.78, 5) is 2.20. The topological polar surface area (TPSA) is 15.3 Å². The minimum absolute atomic E-state index is 0.252. The molecule has 0 bridgehead atoms. The maximum Gasteiger partial charge on any atom is 0.0474 e. The lowest BCUT2D eigenvalue weighted by atomic mass is 10.1. The fourth-order valence-electron chi connectivity index (χ4n) is 2.26. The standard InChI is InChI=1S/C17H20BrClN2/c1-12(20-2)16-8-7-15(10-17(16)19)21(3)11-13-5-4-6-14(18)9-13/h4-10,12,20H,11H2,1-3H3. The summed E-state index contributed by atoms with van der Waals surface area (Å²) in [7, 11) is 4.02. The SMILES string of the molecule is CNC(C)c1ccc(N(C)Cc2cccc(Br)c2)cc1Cl. The zero-order chi connectivity index (χ0) is 15.4. The Hall–Kier alpha value is -1.03. The third kappa shape index (κ3) is 4.22. The molecule has 1 N–H and O–H groups in total. The van der Waals surface area contributed by atoms with Gasteiger partial charge in [0.1, 0.15) is 0 Å². The molecule has 0 fully saturated rings. The number of nitrogens with zero attached hydrogens (tertiary/aromatic N) is 1. The lowest BCUT2D eigenvalue weighted by Gasteiger charge is -2.21. The zero-order valence-electron chi connectivity index (χ0n) is 12.5. The Morgan fingerprint density at radius 3 is 2.62 bits per heavy atom. The van der Waals surface area contributed by atoms with Crippen LogP contribution in [0.3, 0.4) is 0 Å². The molecule has 2 aromatic carbocycles. The van der Waals surface area contributed by atoms with Crippen molar-refractivity contribution in [2.24, 2.45) is 0 Å². The molecule has 0 saturated heterocycles. The Balaban J connectivity index is 2.16. The molecule has 0 aliphatic carbocycles. The maximum atomic E-state index is 6.40. The fraction of sp³-hybridized carbons (Fsp3) is 0.294. The van der Waals surface area contributed by atoms with Gasteiger partial charge in [0, 0.05) is 34.8 Å². The van der Waals surface area contributed by atoms with E-state index in [0.717, 1.165) is 27.3 Å². The van der Waals surface area contributed by atoms with Crippen molar-refractivity contribution in [1.82, 2.24) is 5.32 Å². The Kier molecular flexibility index (Phi) is 5.68. The highest BCUT2D eigenvalue weighted by Gasteiger charge is 2.10. The molecule has 4 heteroatoms. The Labute approximate surface area is 140 Å². The van der Waals surface area contributed by atoms with Gasteiger partial charge in [-0.2, -0.15) is 0 Å². The van der Waals surface area contributed by atoms with Crippen LogP contribution in [0.1, 0.15) is 24.1 Å². The Morgan fingerprint density at radius 1 is 1.24 bits per heavy atom. The predicted octanol–water partition coefficient (Wildman–Crippen LogP) is 5.02. The molecular formula is C17H20BrClN2. The first kappa shape index (κ1) is 16.3. The van der Waals surface area contributed by atoms with Crippen molar-refractivity contribution < 1.29 is 0 Å². The van der Waals surface area contributed by atoms with E-state index < -0.39 is 0 Å². The minimum atomic E-state index is 0.252. The molecule has 2 aromatic rings. The summed E-state index contributed by atoms with van der Waals surface area (Å²) in [5, 5.41) is 4.01. The van der Waals surface area contributed by atoms with E-state index in [0.29, 0.717) is 0 Å². The summed E-state index contributed by atoms with van der Waals surface area (Å²) in [6, 6.07) is 14.8. The highest BCUT2D eigenvalue weighted by molar-refractivity contribution is 9.10. The van der Waals surface area contributed by atoms with Gasteiger partial charge in [-0.1, -0.05) is 45.7 Å². The number of rotatable bonds is 5. The number of hydrogen-bond donors (Lipinski definition) is 1. The Morgan fingerprint density at radius 2 is 2.00 bits per heavy atom. The van der Waals surface area contributed by atoms with Gasteiger partial charge in [0.25, 0.3) is 0 Å². The van der Waals surface area contributed by atoms with Crippen molar-refractivity contribution >= 4 is 33.2 Å². The van der Waals surface area contributed by atoms with Crippen molar-refractivity contribution in [3.63, 3.8) is 0 Å². The molecule has 1 atom stereocenters. The van der Waals surface area contributed by atoms with E-state index in [1.165, 1.54) is 5.56 Å². The quantitative estimate of drug-likeness (QED) is 0.798. The molecule has 0 radical (unpaired) electrons. The monoisotopic (exact) mass is 366 g/mol. The molecule has 2 nitrogen and oxygen atoms in total. The molecule has 0 heterocycles. The van der Waals surface area contributed by atoms with Crippen LogP contribution in [-0.4, -0.2) is 14.1 Å². The van der Waals surface area contributed by atoms with Crippen LogP contribution in [0.2, 0.25) is 5.02 Å². The number of benzene rings is 2. The first-order valence-corrected chi connectivity index (χ1v) is 8.10. The van der Waals surface area contributed by atoms with Gasteiger partial charge < -0.3 is 10.2 Å². The van der Waals surface area contributed by atoms with Gasteiger partial charge in [-0.15, -0.1) is 0 Å². The molecule has 21 heavy (non-hydrogen) atoms. The minimum Gasteiger partial charge on any atom is -0.370 e. The predicted molar refractivity (Wildman–Crippen MR) is 95.2 cm³/mol. The summed E-state index contributed by atoms with van der Waals surface area (Å²) >= 11 is 9.91. The van der Waals surface area contributed by atoms with Crippen LogP contribution >= 0.6 is 27.5 Å². The molecule has 0 saturated carbocycles. The lowest BCUT2D eigenvalue weighted by Crippen LogP contribution is -2.17. The normalized spacial score (nSPS) is 12.2. The fourth-order valence-corrected chi connectivity index (χ4v) is 3.05. The average Bonchev–Trinajstić information content (AvgIpc) is 2.46. The van der Waals surface area contributed by atoms with Crippen molar-refractivity contribution in [1.29, 1.82) is 0 Å². The summed E-state index contributed by atoms with van der Waals surface area (Å²) in [5.74, 6) is 0. The molecule has 1 unspecified atom stereocenters. The van der Waals surface area contributed by atoms with E-state index in [1.807, 2.05) is 19.2 Å². The molecule has 2 rings (SSSR count). The van der Waals surface area contributed by atoms with E-state index in [2.05, 4.69) is 70.4 Å². The highest BCUT2D eigenvalue weighted by atomic mass is 79.9. The van der Waals surface area contributed by atoms with Crippen LogP contribution in [0, 0.1) is 0 Å². The molecule has 0 aromatic heterocycles. The van der Waals surface area contributed by atoms with Crippen molar-refractivity contribution in [3.8, 4) is 0 Å². The Bertz CT molecular complexity index is 615. The number of halogens is 2. The second kappa shape index (κ2) is 7.30. The van der Waals surface area contributed by atoms with Gasteiger partial charge in [-0.25, -0.2) is 0 Å². The number of anilines is 1. The van der Waals surface area contributed by atoms with Gasteiger partial charge in [0.15, 0.2) is 0 Å². The first-order valence-electron chi connectivity index (χ1n) is 6.93. The van der Waals surface area contributed by atoms with Crippen LogP contribution in [0.15, 0.2) is 46.9 Å². The average molecular weight is 368 g/mol. The van der Waals surface area contributed by atoms with E-state index >= 15 is 0 Å². The van der Waals surface area contributed by atoms with Crippen LogP contribution in [0.5, 0.6) is 0 Å². The summed E-state index contributed by atoms with van der Waals surface area (Å²) in [6.07, 6.45) is 0. The largest absolute Gasteiger partial charge is 0.370 e. The van der Waals surface area contributed by atoms with Gasteiger partial charge in [0.2, 0.25) is 0 Å². The third-order valence-electron chi connectivity index (χ3n) is 3.63. The molecule has 0 spiro atoms. The van der Waals surface area contributed by atoms with Gasteiger partial charge in [-0.3, -0.25) is 0 Å². The zero-order valence-corrected chi connectivity index (χ0v) is 14.9. The molecule has 0 amide bonds. The van der Waals surface area contributed by atoms with E-state index in [9.17, 15) is 0 Å². The van der Waals surface area contributed by atoms with E-state index in [-0.39, 0.29) is 6.04 Å². The van der Waals surface area contributed by atoms with Crippen molar-refractivity contribution in [2.75, 3.05) is 19.0 Å². The third-order valence-corrected chi connectivity index (χ3v) is 4.45. The van der Waals surface area contributed by atoms with E-state index in [1.54, 1.807) is 0 Å². The number of nitrogens with one attached hydrogen (secondary N) is 1. The number of hydrogen-bond acceptors (Lipinski definition) is 2.